The SMILES string of the molecule is COc1ccccc1/C=C/C(=O)N1CCCC(C2OCCO2)C1. The summed E-state index contributed by atoms with van der Waals surface area (Å²) in [6, 6.07) is 7.66. The Kier molecular flexibility index (Phi) is 5.31. The molecule has 23 heavy (non-hydrogen) atoms. The fourth-order valence-corrected chi connectivity index (χ4v) is 3.15. The number of carbonyl (C=O) groups excluding carboxylic acids is 1. The van der Waals surface area contributed by atoms with Crippen molar-refractivity contribution in [2.75, 3.05) is 33.4 Å². The fourth-order valence-electron chi connectivity index (χ4n) is 3.15. The number of hydrogen-bond acceptors (Lipinski definition) is 4. The maximum atomic E-state index is 12.4. The van der Waals surface area contributed by atoms with Gasteiger partial charge in [-0.2, -0.15) is 0 Å². The number of carbonyl (C=O) groups is 1. The molecule has 0 N–H and O–H groups in total. The van der Waals surface area contributed by atoms with Crippen LogP contribution in [0.3, 0.4) is 0 Å². The van der Waals surface area contributed by atoms with Crippen molar-refractivity contribution in [1.82, 2.24) is 4.90 Å². The molecule has 0 spiro atoms. The molecule has 0 saturated carbocycles. The number of rotatable bonds is 4. The molecule has 2 fully saturated rings. The summed E-state index contributed by atoms with van der Waals surface area (Å²) in [6.07, 6.45) is 5.32. The summed E-state index contributed by atoms with van der Waals surface area (Å²) in [5, 5.41) is 0. The molecule has 2 aliphatic heterocycles. The number of methoxy groups -OCH3 is 1. The van der Waals surface area contributed by atoms with Gasteiger partial charge < -0.3 is 19.1 Å². The summed E-state index contributed by atoms with van der Waals surface area (Å²) in [5.74, 6) is 1.06. The predicted molar refractivity (Wildman–Crippen MR) is 87.0 cm³/mol. The van der Waals surface area contributed by atoms with Gasteiger partial charge in [0.1, 0.15) is 5.75 Å². The third kappa shape index (κ3) is 3.92. The van der Waals surface area contributed by atoms with Gasteiger partial charge in [0.2, 0.25) is 5.91 Å². The quantitative estimate of drug-likeness (QED) is 0.800. The molecular weight excluding hydrogens is 294 g/mol. The van der Waals surface area contributed by atoms with Crippen molar-refractivity contribution in [3.05, 3.63) is 35.9 Å². The molecule has 1 unspecified atom stereocenters. The molecule has 1 aromatic rings. The van der Waals surface area contributed by atoms with Gasteiger partial charge in [-0.1, -0.05) is 18.2 Å². The number of ether oxygens (including phenoxy) is 3. The Morgan fingerprint density at radius 1 is 1.30 bits per heavy atom. The lowest BCUT2D eigenvalue weighted by atomic mass is 9.97. The zero-order valence-electron chi connectivity index (χ0n) is 13.4. The van der Waals surface area contributed by atoms with E-state index < -0.39 is 0 Å². The Hall–Kier alpha value is -1.85. The van der Waals surface area contributed by atoms with Gasteiger partial charge in [0.05, 0.1) is 20.3 Å². The number of likely N-dealkylation sites (tertiary alicyclic amines) is 1. The van der Waals surface area contributed by atoms with E-state index in [0.717, 1.165) is 30.7 Å². The largest absolute Gasteiger partial charge is 0.496 e. The second-order valence-electron chi connectivity index (χ2n) is 5.87. The average molecular weight is 317 g/mol. The van der Waals surface area contributed by atoms with Crippen LogP contribution in [0.5, 0.6) is 5.75 Å². The number of para-hydroxylation sites is 1. The van der Waals surface area contributed by atoms with E-state index >= 15 is 0 Å². The molecule has 5 nitrogen and oxygen atoms in total. The topological polar surface area (TPSA) is 48.0 Å². The summed E-state index contributed by atoms with van der Waals surface area (Å²) in [5.41, 5.74) is 0.902. The van der Waals surface area contributed by atoms with Gasteiger partial charge >= 0.3 is 0 Å². The van der Waals surface area contributed by atoms with Gasteiger partial charge in [-0.05, 0) is 25.0 Å². The van der Waals surface area contributed by atoms with Crippen molar-refractivity contribution in [2.24, 2.45) is 5.92 Å². The lowest BCUT2D eigenvalue weighted by Gasteiger charge is -2.34. The third-order valence-electron chi connectivity index (χ3n) is 4.35. The van der Waals surface area contributed by atoms with E-state index in [4.69, 9.17) is 14.2 Å². The smallest absolute Gasteiger partial charge is 0.246 e. The zero-order valence-corrected chi connectivity index (χ0v) is 13.4. The Bertz CT molecular complexity index is 566. The predicted octanol–water partition coefficient (Wildman–Crippen LogP) is 2.32. The highest BCUT2D eigenvalue weighted by molar-refractivity contribution is 5.92. The summed E-state index contributed by atoms with van der Waals surface area (Å²) < 4.78 is 16.5. The van der Waals surface area contributed by atoms with Gasteiger partial charge in [0.15, 0.2) is 6.29 Å². The molecule has 2 aliphatic rings. The van der Waals surface area contributed by atoms with Crippen LogP contribution in [0.25, 0.3) is 6.08 Å². The Morgan fingerprint density at radius 3 is 2.87 bits per heavy atom. The minimum atomic E-state index is -0.149. The molecule has 5 heteroatoms. The molecule has 3 rings (SSSR count). The average Bonchev–Trinajstić information content (AvgIpc) is 3.14. The second kappa shape index (κ2) is 7.62. The summed E-state index contributed by atoms with van der Waals surface area (Å²) in [4.78, 5) is 14.3. The van der Waals surface area contributed by atoms with Crippen LogP contribution in [0.4, 0.5) is 0 Å². The van der Waals surface area contributed by atoms with Gasteiger partial charge in [-0.25, -0.2) is 0 Å². The highest BCUT2D eigenvalue weighted by atomic mass is 16.7. The molecule has 124 valence electrons. The van der Waals surface area contributed by atoms with Gasteiger partial charge in [0.25, 0.3) is 0 Å². The van der Waals surface area contributed by atoms with E-state index in [9.17, 15) is 4.79 Å². The van der Waals surface area contributed by atoms with E-state index in [0.29, 0.717) is 19.8 Å². The minimum absolute atomic E-state index is 0.0265. The van der Waals surface area contributed by atoms with E-state index in [-0.39, 0.29) is 18.1 Å². The summed E-state index contributed by atoms with van der Waals surface area (Å²) >= 11 is 0. The Labute approximate surface area is 136 Å². The monoisotopic (exact) mass is 317 g/mol. The first-order valence-corrected chi connectivity index (χ1v) is 8.11. The van der Waals surface area contributed by atoms with Crippen LogP contribution < -0.4 is 4.74 Å². The Morgan fingerprint density at radius 2 is 2.09 bits per heavy atom. The Balaban J connectivity index is 1.62. The first kappa shape index (κ1) is 16.0. The molecule has 0 aromatic heterocycles. The van der Waals surface area contributed by atoms with Crippen LogP contribution in [0.15, 0.2) is 30.3 Å². The number of nitrogens with zero attached hydrogens (tertiary/aromatic N) is 1. The molecule has 1 amide bonds. The maximum Gasteiger partial charge on any atom is 0.246 e. The minimum Gasteiger partial charge on any atom is -0.496 e. The van der Waals surface area contributed by atoms with Crippen LogP contribution >= 0.6 is 0 Å². The number of amides is 1. The highest BCUT2D eigenvalue weighted by Gasteiger charge is 2.32. The molecular formula is C18H23NO4. The fraction of sp³-hybridized carbons (Fsp3) is 0.500. The van der Waals surface area contributed by atoms with E-state index in [1.54, 1.807) is 13.2 Å². The standard InChI is InChI=1S/C18H23NO4/c1-21-16-7-3-2-5-14(16)8-9-17(20)19-10-4-6-15(13-19)18-22-11-12-23-18/h2-3,5,7-9,15,18H,4,6,10-13H2,1H3/b9-8+. The van der Waals surface area contributed by atoms with Crippen LogP contribution in [0.2, 0.25) is 0 Å². The van der Waals surface area contributed by atoms with Gasteiger partial charge in [-0.3, -0.25) is 4.79 Å². The lowest BCUT2D eigenvalue weighted by Crippen LogP contribution is -2.43. The molecule has 0 aliphatic carbocycles. The first-order valence-electron chi connectivity index (χ1n) is 8.11. The van der Waals surface area contributed by atoms with Crippen LogP contribution in [0.1, 0.15) is 18.4 Å². The normalized spacial score (nSPS) is 22.7. The zero-order chi connectivity index (χ0) is 16.1. The van der Waals surface area contributed by atoms with Crippen molar-refractivity contribution < 1.29 is 19.0 Å². The highest BCUT2D eigenvalue weighted by Crippen LogP contribution is 2.25. The van der Waals surface area contributed by atoms with Crippen LogP contribution in [-0.4, -0.2) is 50.5 Å². The lowest BCUT2D eigenvalue weighted by molar-refractivity contribution is -0.134. The number of benzene rings is 1. The van der Waals surface area contributed by atoms with Crippen molar-refractivity contribution in [1.29, 1.82) is 0 Å². The van der Waals surface area contributed by atoms with E-state index in [1.807, 2.05) is 35.2 Å². The van der Waals surface area contributed by atoms with Crippen molar-refractivity contribution in [3.63, 3.8) is 0 Å². The molecule has 1 atom stereocenters. The summed E-state index contributed by atoms with van der Waals surface area (Å²) in [7, 11) is 1.63. The van der Waals surface area contributed by atoms with Crippen molar-refractivity contribution in [3.8, 4) is 5.75 Å². The molecule has 1 aromatic carbocycles. The first-order chi connectivity index (χ1) is 11.3. The maximum absolute atomic E-state index is 12.4. The third-order valence-corrected chi connectivity index (χ3v) is 4.35. The number of piperidine rings is 1. The van der Waals surface area contributed by atoms with Gasteiger partial charge in [0, 0.05) is 30.6 Å². The molecule has 2 saturated heterocycles. The van der Waals surface area contributed by atoms with E-state index in [2.05, 4.69) is 0 Å². The van der Waals surface area contributed by atoms with Crippen LogP contribution in [-0.2, 0) is 14.3 Å². The van der Waals surface area contributed by atoms with Crippen molar-refractivity contribution in [2.45, 2.75) is 19.1 Å². The van der Waals surface area contributed by atoms with Gasteiger partial charge in [-0.15, -0.1) is 0 Å². The number of hydrogen-bond donors (Lipinski definition) is 0. The molecule has 0 bridgehead atoms. The summed E-state index contributed by atoms with van der Waals surface area (Å²) in [6.45, 7) is 2.80. The van der Waals surface area contributed by atoms with Crippen molar-refractivity contribution >= 4 is 12.0 Å². The van der Waals surface area contributed by atoms with Crippen LogP contribution in [0, 0.1) is 5.92 Å². The molecule has 2 heterocycles. The second-order valence-corrected chi connectivity index (χ2v) is 5.87. The molecule has 0 radical (unpaired) electrons. The van der Waals surface area contributed by atoms with E-state index in [1.165, 1.54) is 0 Å².